The summed E-state index contributed by atoms with van der Waals surface area (Å²) in [6, 6.07) is 15.0. The summed E-state index contributed by atoms with van der Waals surface area (Å²) in [5, 5.41) is 0. The Balaban J connectivity index is 2.26. The minimum absolute atomic E-state index is 0.431. The number of hydrogen-bond donors (Lipinski definition) is 2. The molecular weight excluding hydrogens is 928 g/mol. The minimum atomic E-state index is -2.55. The SMILES string of the molecule is CCCCCCCCCCCCc1ccc(S(c2ccc(CCCCCCCCCCCC)cc2CCCCCCCCCCCC)=[P](O)(S)[Mo])c(CCCCCCCCCCCC)c1. The molecule has 2 aromatic rings. The first-order valence-corrected chi connectivity index (χ1v) is 36.2. The van der Waals surface area contributed by atoms with Crippen LogP contribution in [-0.4, -0.2) is 4.89 Å². The van der Waals surface area contributed by atoms with Gasteiger partial charge in [-0.25, -0.2) is 0 Å². The molecule has 0 fully saturated rings. The molecular formula is C60H108MoOPS2. The van der Waals surface area contributed by atoms with Crippen LogP contribution in [0, 0.1) is 0 Å². The van der Waals surface area contributed by atoms with Crippen LogP contribution in [0.3, 0.4) is 0 Å². The summed E-state index contributed by atoms with van der Waals surface area (Å²) in [6.07, 6.45) is 59.7. The number of benzene rings is 2. The Morgan fingerprint density at radius 3 is 0.800 bits per heavy atom. The van der Waals surface area contributed by atoms with Crippen molar-refractivity contribution in [2.75, 3.05) is 0 Å². The van der Waals surface area contributed by atoms with Crippen LogP contribution in [0.4, 0.5) is 0 Å². The normalized spacial score (nSPS) is 12.7. The topological polar surface area (TPSA) is 20.2 Å². The van der Waals surface area contributed by atoms with E-state index in [0.29, 0.717) is 0 Å². The van der Waals surface area contributed by atoms with Gasteiger partial charge in [0.1, 0.15) is 0 Å². The van der Waals surface area contributed by atoms with Crippen molar-refractivity contribution < 1.29 is 24.2 Å². The molecule has 0 heterocycles. The van der Waals surface area contributed by atoms with Crippen LogP contribution in [0.1, 0.15) is 307 Å². The molecule has 1 nitrogen and oxygen atoms in total. The summed E-state index contributed by atoms with van der Waals surface area (Å²) >= 11 is 7.19. The van der Waals surface area contributed by atoms with E-state index in [-0.39, 0.29) is 0 Å². The fourth-order valence-corrected chi connectivity index (χ4v) is 19.7. The van der Waals surface area contributed by atoms with Gasteiger partial charge in [-0.15, -0.1) is 0 Å². The van der Waals surface area contributed by atoms with Crippen molar-refractivity contribution in [2.45, 2.75) is 320 Å². The molecule has 0 aliphatic heterocycles. The molecule has 0 amide bonds. The molecule has 2 rings (SSSR count). The van der Waals surface area contributed by atoms with Crippen molar-refractivity contribution in [1.29, 1.82) is 0 Å². The van der Waals surface area contributed by atoms with Gasteiger partial charge in [0.2, 0.25) is 0 Å². The molecule has 1 unspecified atom stereocenters. The van der Waals surface area contributed by atoms with Gasteiger partial charge in [-0.2, -0.15) is 0 Å². The van der Waals surface area contributed by atoms with E-state index in [1.165, 1.54) is 302 Å². The molecule has 0 saturated heterocycles. The van der Waals surface area contributed by atoms with Crippen LogP contribution < -0.4 is 0 Å². The number of rotatable bonds is 46. The first-order valence-electron chi connectivity index (χ1n) is 28.9. The van der Waals surface area contributed by atoms with Gasteiger partial charge in [0, 0.05) is 0 Å². The summed E-state index contributed by atoms with van der Waals surface area (Å²) in [5.74, 6) is 0. The van der Waals surface area contributed by atoms with Crippen molar-refractivity contribution in [3.8, 4) is 0 Å². The molecule has 65 heavy (non-hydrogen) atoms. The number of unbranched alkanes of at least 4 members (excludes halogenated alkanes) is 36. The van der Waals surface area contributed by atoms with Crippen LogP contribution in [0.5, 0.6) is 0 Å². The third-order valence-corrected chi connectivity index (χ3v) is 23.6. The summed E-state index contributed by atoms with van der Waals surface area (Å²) in [4.78, 5) is 15.1. The van der Waals surface area contributed by atoms with E-state index >= 15 is 0 Å². The molecule has 0 aliphatic rings. The fraction of sp³-hybridized carbons (Fsp3) is 0.800. The van der Waals surface area contributed by atoms with Gasteiger partial charge >= 0.3 is 298 Å². The average Bonchev–Trinajstić information content (AvgIpc) is 3.29. The maximum atomic E-state index is 12.3. The van der Waals surface area contributed by atoms with Crippen molar-refractivity contribution in [3.63, 3.8) is 0 Å². The predicted molar refractivity (Wildman–Crippen MR) is 297 cm³/mol. The third kappa shape index (κ3) is 31.9. The Morgan fingerprint density at radius 2 is 0.569 bits per heavy atom. The Kier molecular flexibility index (Phi) is 40.6. The second-order valence-electron chi connectivity index (χ2n) is 20.4. The monoisotopic (exact) mass is 1040 g/mol. The van der Waals surface area contributed by atoms with Crippen LogP contribution in [0.15, 0.2) is 46.2 Å². The summed E-state index contributed by atoms with van der Waals surface area (Å²) in [6.45, 7) is 9.25. The fourth-order valence-electron chi connectivity index (χ4n) is 9.96. The van der Waals surface area contributed by atoms with E-state index < -0.39 is 13.6 Å². The molecule has 0 aliphatic carbocycles. The van der Waals surface area contributed by atoms with Crippen molar-refractivity contribution in [3.05, 3.63) is 58.7 Å². The second kappa shape index (κ2) is 43.0. The van der Waals surface area contributed by atoms with Crippen molar-refractivity contribution >= 4 is 25.9 Å². The molecule has 0 saturated carbocycles. The molecule has 2 aromatic carbocycles. The Bertz CT molecular complexity index is 1340. The molecule has 0 spiro atoms. The average molecular weight is 1040 g/mol. The molecule has 5 heteroatoms. The first kappa shape index (κ1) is 61.3. The van der Waals surface area contributed by atoms with E-state index in [1.54, 1.807) is 0 Å². The zero-order valence-electron chi connectivity index (χ0n) is 43.7. The number of hydrogen-bond acceptors (Lipinski definition) is 0. The van der Waals surface area contributed by atoms with Gasteiger partial charge in [0.15, 0.2) is 0 Å². The summed E-state index contributed by atoms with van der Waals surface area (Å²) in [5.41, 5.74) is 6.03. The van der Waals surface area contributed by atoms with Gasteiger partial charge in [0.05, 0.1) is 0 Å². The van der Waals surface area contributed by atoms with E-state index in [2.05, 4.69) is 64.1 Å². The van der Waals surface area contributed by atoms with Gasteiger partial charge in [-0.05, 0) is 0 Å². The molecule has 377 valence electrons. The van der Waals surface area contributed by atoms with E-state index in [0.717, 1.165) is 12.8 Å². The molecule has 0 bridgehead atoms. The Hall–Kier alpha value is 0.218. The number of aryl methyl sites for hydroxylation is 4. The standard InChI is InChI=1S/C60H108OPS2.Mo/c1-5-9-13-17-21-25-29-33-37-41-45-55-49-51-59(57(53-55)47-43-39-35-31-27-23-19-15-11-7-3)64(62(61)63)60-52-50-56(46-42-38-34-30-26-22-18-14-10-6-2)54-58(60)48-44-40-36-32-28-24-20-16-12-8-4;/h49-54,61,63H,5-48H2,1-4H3;/q+1;-1. The van der Waals surface area contributed by atoms with E-state index in [9.17, 15) is 4.89 Å². The molecule has 1 N–H and O–H groups in total. The first-order chi connectivity index (χ1) is 31.8. The quantitative estimate of drug-likeness (QED) is 0.0293. The van der Waals surface area contributed by atoms with Crippen molar-refractivity contribution in [1.82, 2.24) is 0 Å². The van der Waals surface area contributed by atoms with Crippen LogP contribution in [-0.2, 0) is 55.1 Å². The van der Waals surface area contributed by atoms with Gasteiger partial charge in [-0.1, -0.05) is 130 Å². The molecule has 1 atom stereocenters. The Labute approximate surface area is 425 Å². The zero-order valence-corrected chi connectivity index (χ0v) is 48.3. The summed E-state index contributed by atoms with van der Waals surface area (Å²) < 4.78 is -2.55. The van der Waals surface area contributed by atoms with Gasteiger partial charge in [-0.3, -0.25) is 0 Å². The van der Waals surface area contributed by atoms with Gasteiger partial charge in [0.25, 0.3) is 0 Å². The summed E-state index contributed by atoms with van der Waals surface area (Å²) in [7, 11) is -0.431. The molecule has 0 aromatic heterocycles. The van der Waals surface area contributed by atoms with Crippen molar-refractivity contribution in [2.24, 2.45) is 0 Å². The van der Waals surface area contributed by atoms with Crippen LogP contribution in [0.2, 0.25) is 0 Å². The molecule has 0 radical (unpaired) electrons. The zero-order chi connectivity index (χ0) is 46.9. The second-order valence-corrected chi connectivity index (χ2v) is 36.0. The third-order valence-electron chi connectivity index (χ3n) is 14.1. The maximum absolute atomic E-state index is 12.3. The van der Waals surface area contributed by atoms with Crippen LogP contribution >= 0.6 is 15.8 Å². The van der Waals surface area contributed by atoms with E-state index in [4.69, 9.17) is 12.2 Å². The van der Waals surface area contributed by atoms with E-state index in [1.807, 2.05) is 19.3 Å². The Morgan fingerprint density at radius 1 is 0.354 bits per heavy atom. The number of thiol groups is 1. The van der Waals surface area contributed by atoms with Crippen LogP contribution in [0.25, 0.3) is 0 Å². The predicted octanol–water partition coefficient (Wildman–Crippen LogP) is 21.7. The van der Waals surface area contributed by atoms with Gasteiger partial charge < -0.3 is 0 Å².